The van der Waals surface area contributed by atoms with Crippen LogP contribution in [0.1, 0.15) is 69.2 Å². The van der Waals surface area contributed by atoms with Crippen LogP contribution >= 0.6 is 11.3 Å². The first-order valence-electron chi connectivity index (χ1n) is 10.3. The zero-order valence-electron chi connectivity index (χ0n) is 18.4. The Kier molecular flexibility index (Phi) is 6.18. The summed E-state index contributed by atoms with van der Waals surface area (Å²) in [7, 11) is 0. The normalized spacial score (nSPS) is 16.7. The van der Waals surface area contributed by atoms with Gasteiger partial charge in [-0.1, -0.05) is 45.0 Å². The first kappa shape index (κ1) is 21.6. The minimum Gasteiger partial charge on any atom is -0.331 e. The molecule has 1 aliphatic rings. The standard InChI is InChI=1S/C24H32N2O2S/c1-16(2)26(17(3)27)15-22(28)25-13-11-21-20(12-14-29-21)23(25)18-7-9-19(10-8-18)24(4,5)6/h7-10,12,14,16,23H,11,13,15H2,1-6H3. The van der Waals surface area contributed by atoms with Gasteiger partial charge in [-0.15, -0.1) is 11.3 Å². The summed E-state index contributed by atoms with van der Waals surface area (Å²) in [4.78, 5) is 30.2. The van der Waals surface area contributed by atoms with Crippen molar-refractivity contribution in [3.8, 4) is 0 Å². The molecule has 1 aromatic carbocycles. The fraction of sp³-hybridized carbons (Fsp3) is 0.500. The first-order chi connectivity index (χ1) is 13.6. The van der Waals surface area contributed by atoms with Gasteiger partial charge < -0.3 is 9.80 Å². The Bertz CT molecular complexity index is 877. The van der Waals surface area contributed by atoms with E-state index < -0.39 is 0 Å². The van der Waals surface area contributed by atoms with Crippen LogP contribution in [0.2, 0.25) is 0 Å². The molecule has 4 nitrogen and oxygen atoms in total. The Labute approximate surface area is 178 Å². The molecule has 0 saturated carbocycles. The Hall–Kier alpha value is -2.14. The molecule has 0 aliphatic carbocycles. The molecule has 29 heavy (non-hydrogen) atoms. The third-order valence-corrected chi connectivity index (χ3v) is 6.71. The lowest BCUT2D eigenvalue weighted by atomic mass is 9.85. The first-order valence-corrected chi connectivity index (χ1v) is 11.2. The second-order valence-corrected chi connectivity index (χ2v) is 10.2. The highest BCUT2D eigenvalue weighted by atomic mass is 32.1. The van der Waals surface area contributed by atoms with E-state index in [1.807, 2.05) is 18.7 Å². The van der Waals surface area contributed by atoms with E-state index in [-0.39, 0.29) is 35.9 Å². The zero-order valence-corrected chi connectivity index (χ0v) is 19.2. The quantitative estimate of drug-likeness (QED) is 0.725. The van der Waals surface area contributed by atoms with E-state index in [0.717, 1.165) is 12.0 Å². The van der Waals surface area contributed by atoms with Gasteiger partial charge in [-0.05, 0) is 53.8 Å². The molecule has 5 heteroatoms. The monoisotopic (exact) mass is 412 g/mol. The number of fused-ring (bicyclic) bond motifs is 1. The summed E-state index contributed by atoms with van der Waals surface area (Å²) in [5.41, 5.74) is 3.72. The fourth-order valence-corrected chi connectivity index (χ4v) is 4.91. The third-order valence-electron chi connectivity index (χ3n) is 5.71. The average molecular weight is 413 g/mol. The molecule has 0 N–H and O–H groups in total. The molecule has 2 heterocycles. The molecule has 1 aromatic heterocycles. The smallest absolute Gasteiger partial charge is 0.243 e. The van der Waals surface area contributed by atoms with Crippen LogP contribution in [-0.4, -0.2) is 40.7 Å². The maximum Gasteiger partial charge on any atom is 0.243 e. The van der Waals surface area contributed by atoms with Crippen molar-refractivity contribution in [1.29, 1.82) is 0 Å². The van der Waals surface area contributed by atoms with Crippen molar-refractivity contribution in [2.45, 2.75) is 65.5 Å². The van der Waals surface area contributed by atoms with E-state index in [4.69, 9.17) is 0 Å². The summed E-state index contributed by atoms with van der Waals surface area (Å²) in [5, 5.41) is 2.12. The highest BCUT2D eigenvalue weighted by Crippen LogP contribution is 2.38. The van der Waals surface area contributed by atoms with Crippen molar-refractivity contribution in [1.82, 2.24) is 9.80 Å². The van der Waals surface area contributed by atoms with Gasteiger partial charge in [-0.3, -0.25) is 9.59 Å². The number of benzene rings is 1. The molecule has 3 rings (SSSR count). The van der Waals surface area contributed by atoms with E-state index >= 15 is 0 Å². The van der Waals surface area contributed by atoms with Crippen LogP contribution in [0.5, 0.6) is 0 Å². The fourth-order valence-electron chi connectivity index (χ4n) is 4.00. The zero-order chi connectivity index (χ0) is 21.3. The number of rotatable bonds is 4. The lowest BCUT2D eigenvalue weighted by Crippen LogP contribution is -2.48. The number of carbonyl (C=O) groups is 2. The summed E-state index contributed by atoms with van der Waals surface area (Å²) in [5.74, 6) is -0.0525. The second kappa shape index (κ2) is 8.31. The van der Waals surface area contributed by atoms with Crippen molar-refractivity contribution in [2.75, 3.05) is 13.1 Å². The number of nitrogens with zero attached hydrogens (tertiary/aromatic N) is 2. The molecular weight excluding hydrogens is 380 g/mol. The van der Waals surface area contributed by atoms with Crippen LogP contribution in [0, 0.1) is 0 Å². The molecule has 0 bridgehead atoms. The number of hydrogen-bond acceptors (Lipinski definition) is 3. The van der Waals surface area contributed by atoms with E-state index in [1.165, 1.54) is 22.9 Å². The van der Waals surface area contributed by atoms with E-state index in [1.54, 1.807) is 16.2 Å². The summed E-state index contributed by atoms with van der Waals surface area (Å²) < 4.78 is 0. The SMILES string of the molecule is CC(=O)N(CC(=O)N1CCc2sccc2C1c1ccc(C(C)(C)C)cc1)C(C)C. The molecule has 0 spiro atoms. The van der Waals surface area contributed by atoms with Gasteiger partial charge >= 0.3 is 0 Å². The minimum absolute atomic E-state index is 0.00229. The van der Waals surface area contributed by atoms with Crippen LogP contribution in [-0.2, 0) is 21.4 Å². The molecule has 1 aliphatic heterocycles. The van der Waals surface area contributed by atoms with Gasteiger partial charge in [-0.25, -0.2) is 0 Å². The minimum atomic E-state index is -0.0903. The van der Waals surface area contributed by atoms with Gasteiger partial charge in [0.15, 0.2) is 0 Å². The van der Waals surface area contributed by atoms with Gasteiger partial charge in [0.25, 0.3) is 0 Å². The van der Waals surface area contributed by atoms with Gasteiger partial charge in [0, 0.05) is 24.4 Å². The van der Waals surface area contributed by atoms with Crippen LogP contribution in [0.3, 0.4) is 0 Å². The molecule has 1 unspecified atom stereocenters. The lowest BCUT2D eigenvalue weighted by molar-refractivity contribution is -0.142. The molecule has 0 fully saturated rings. The van der Waals surface area contributed by atoms with Crippen LogP contribution in [0.25, 0.3) is 0 Å². The Balaban J connectivity index is 1.94. The predicted octanol–water partition coefficient (Wildman–Crippen LogP) is 4.78. The summed E-state index contributed by atoms with van der Waals surface area (Å²) in [6.45, 7) is 12.9. The number of hydrogen-bond donors (Lipinski definition) is 0. The molecule has 0 saturated heterocycles. The van der Waals surface area contributed by atoms with Crippen molar-refractivity contribution in [3.05, 3.63) is 57.3 Å². The average Bonchev–Trinajstić information content (AvgIpc) is 3.12. The van der Waals surface area contributed by atoms with E-state index in [2.05, 4.69) is 56.5 Å². The van der Waals surface area contributed by atoms with Crippen molar-refractivity contribution in [3.63, 3.8) is 0 Å². The third kappa shape index (κ3) is 4.55. The van der Waals surface area contributed by atoms with Crippen molar-refractivity contribution < 1.29 is 9.59 Å². The summed E-state index contributed by atoms with van der Waals surface area (Å²) >= 11 is 1.77. The number of thiophene rings is 1. The maximum atomic E-state index is 13.3. The molecular formula is C24H32N2O2S. The largest absolute Gasteiger partial charge is 0.331 e. The second-order valence-electron chi connectivity index (χ2n) is 9.15. The summed E-state index contributed by atoms with van der Waals surface area (Å²) in [6, 6.07) is 10.7. The molecule has 0 radical (unpaired) electrons. The highest BCUT2D eigenvalue weighted by Gasteiger charge is 2.34. The predicted molar refractivity (Wildman–Crippen MR) is 119 cm³/mol. The van der Waals surface area contributed by atoms with Crippen LogP contribution in [0.4, 0.5) is 0 Å². The lowest BCUT2D eigenvalue weighted by Gasteiger charge is -2.38. The highest BCUT2D eigenvalue weighted by molar-refractivity contribution is 7.10. The molecule has 156 valence electrons. The van der Waals surface area contributed by atoms with Gasteiger partial charge in [0.05, 0.1) is 12.6 Å². The molecule has 2 amide bonds. The summed E-state index contributed by atoms with van der Waals surface area (Å²) in [6.07, 6.45) is 0.872. The van der Waals surface area contributed by atoms with Gasteiger partial charge in [0.2, 0.25) is 11.8 Å². The van der Waals surface area contributed by atoms with Gasteiger partial charge in [0.1, 0.15) is 0 Å². The maximum absolute atomic E-state index is 13.3. The number of carbonyl (C=O) groups excluding carboxylic acids is 2. The molecule has 1 atom stereocenters. The van der Waals surface area contributed by atoms with Crippen molar-refractivity contribution >= 4 is 23.2 Å². The van der Waals surface area contributed by atoms with Crippen LogP contribution in [0.15, 0.2) is 35.7 Å². The van der Waals surface area contributed by atoms with Crippen molar-refractivity contribution in [2.24, 2.45) is 0 Å². The number of amides is 2. The Morgan fingerprint density at radius 1 is 1.17 bits per heavy atom. The van der Waals surface area contributed by atoms with E-state index in [9.17, 15) is 9.59 Å². The van der Waals surface area contributed by atoms with E-state index in [0.29, 0.717) is 6.54 Å². The Morgan fingerprint density at radius 2 is 1.83 bits per heavy atom. The van der Waals surface area contributed by atoms with Crippen LogP contribution < -0.4 is 0 Å². The van der Waals surface area contributed by atoms with Gasteiger partial charge in [-0.2, -0.15) is 0 Å². The topological polar surface area (TPSA) is 40.6 Å². The molecule has 2 aromatic rings. The Morgan fingerprint density at radius 3 is 2.38 bits per heavy atom.